The molecule has 0 aliphatic carbocycles. The minimum absolute atomic E-state index is 0. The van der Waals surface area contributed by atoms with Gasteiger partial charge in [-0.05, 0) is 12.8 Å². The van der Waals surface area contributed by atoms with Crippen LogP contribution in [0.2, 0.25) is 0 Å². The van der Waals surface area contributed by atoms with Crippen molar-refractivity contribution in [2.24, 2.45) is 0 Å². The molecule has 3 aliphatic rings. The van der Waals surface area contributed by atoms with Crippen molar-refractivity contribution in [3.05, 3.63) is 0 Å². The number of aliphatic hydroxyl groups excluding tert-OH is 2. The summed E-state index contributed by atoms with van der Waals surface area (Å²) >= 11 is 0. The summed E-state index contributed by atoms with van der Waals surface area (Å²) < 4.78 is 35.0. The molecule has 30 heavy (non-hydrogen) atoms. The quantitative estimate of drug-likeness (QED) is 0.327. The van der Waals surface area contributed by atoms with Gasteiger partial charge in [-0.2, -0.15) is 0 Å². The number of ether oxygens (including phenoxy) is 7. The van der Waals surface area contributed by atoms with E-state index in [0.29, 0.717) is 51.8 Å². The Morgan fingerprint density at radius 3 is 1.67 bits per heavy atom. The molecular weight excluding hydrogens is 435 g/mol. The van der Waals surface area contributed by atoms with Crippen molar-refractivity contribution in [2.45, 2.75) is 45.0 Å². The first kappa shape index (κ1) is 32.4. The third-order valence-corrected chi connectivity index (χ3v) is 3.50. The first-order valence-electron chi connectivity index (χ1n) is 10.5. The Balaban J connectivity index is 0. The van der Waals surface area contributed by atoms with Crippen molar-refractivity contribution in [3.63, 3.8) is 0 Å². The van der Waals surface area contributed by atoms with E-state index in [4.69, 9.17) is 43.4 Å². The molecule has 3 unspecified atom stereocenters. The van der Waals surface area contributed by atoms with Crippen LogP contribution in [-0.4, -0.2) is 115 Å². The van der Waals surface area contributed by atoms with Crippen molar-refractivity contribution in [1.82, 2.24) is 0 Å². The summed E-state index contributed by atoms with van der Waals surface area (Å²) in [5.74, 6) is 0. The van der Waals surface area contributed by atoms with Crippen molar-refractivity contribution in [2.75, 3.05) is 86.4 Å². The van der Waals surface area contributed by atoms with Gasteiger partial charge in [-0.3, -0.25) is 0 Å². The molecule has 3 atom stereocenters. The fourth-order valence-electron chi connectivity index (χ4n) is 1.69. The van der Waals surface area contributed by atoms with Crippen LogP contribution >= 0.6 is 0 Å². The Hall–Kier alpha value is 0.224. The largest absolute Gasteiger partial charge is 0.396 e. The Kier molecular flexibility index (Phi) is 27.5. The van der Waals surface area contributed by atoms with E-state index >= 15 is 0 Å². The van der Waals surface area contributed by atoms with Gasteiger partial charge in [-0.25, -0.2) is 0 Å². The predicted octanol–water partition coefficient (Wildman–Crippen LogP) is 0.640. The number of hydrogen-bond donors (Lipinski definition) is 2. The molecule has 3 fully saturated rings. The molecule has 181 valence electrons. The van der Waals surface area contributed by atoms with E-state index in [9.17, 15) is 0 Å². The molecule has 0 saturated carbocycles. The van der Waals surface area contributed by atoms with Crippen molar-refractivity contribution < 1.29 is 61.9 Å². The van der Waals surface area contributed by atoms with E-state index in [1.54, 1.807) is 7.11 Å². The minimum atomic E-state index is -0.0799. The summed E-state index contributed by atoms with van der Waals surface area (Å²) in [6, 6.07) is 0. The zero-order valence-electron chi connectivity index (χ0n) is 18.8. The minimum Gasteiger partial charge on any atom is -0.396 e. The van der Waals surface area contributed by atoms with Crippen LogP contribution in [0.4, 0.5) is 0 Å². The summed E-state index contributed by atoms with van der Waals surface area (Å²) in [7, 11) is 1.66. The van der Waals surface area contributed by atoms with Crippen LogP contribution in [0, 0.1) is 0 Å². The van der Waals surface area contributed by atoms with Gasteiger partial charge in [-0.1, -0.05) is 13.8 Å². The van der Waals surface area contributed by atoms with E-state index in [1.165, 1.54) is 0 Å². The van der Waals surface area contributed by atoms with Crippen LogP contribution in [0.15, 0.2) is 0 Å². The average molecular weight is 477 g/mol. The first-order chi connectivity index (χ1) is 14.2. The smallest absolute Gasteiger partial charge is 0.104 e. The van der Waals surface area contributed by atoms with Gasteiger partial charge < -0.3 is 43.4 Å². The second-order valence-electron chi connectivity index (χ2n) is 6.53. The van der Waals surface area contributed by atoms with Gasteiger partial charge in [-0.15, -0.1) is 0 Å². The Morgan fingerprint density at radius 1 is 0.767 bits per heavy atom. The number of rotatable bonds is 11. The molecule has 3 rings (SSSR count). The van der Waals surface area contributed by atoms with E-state index < -0.39 is 0 Å². The maximum Gasteiger partial charge on any atom is 0.104 e. The van der Waals surface area contributed by atoms with Crippen molar-refractivity contribution in [3.8, 4) is 0 Å². The molecule has 0 amide bonds. The van der Waals surface area contributed by atoms with Crippen LogP contribution in [0.1, 0.15) is 26.7 Å². The summed E-state index contributed by atoms with van der Waals surface area (Å²) in [6.45, 7) is 11.8. The summed E-state index contributed by atoms with van der Waals surface area (Å²) in [6.07, 6.45) is 2.71. The fourth-order valence-corrected chi connectivity index (χ4v) is 1.69. The summed E-state index contributed by atoms with van der Waals surface area (Å²) in [5.41, 5.74) is 0. The number of aliphatic hydroxyl groups is 2. The van der Waals surface area contributed by atoms with Crippen LogP contribution < -0.4 is 0 Å². The number of hydrogen-bond acceptors (Lipinski definition) is 9. The van der Waals surface area contributed by atoms with Gasteiger partial charge in [0.1, 0.15) is 18.3 Å². The molecule has 9 nitrogen and oxygen atoms in total. The molecule has 0 bridgehead atoms. The third-order valence-electron chi connectivity index (χ3n) is 3.50. The van der Waals surface area contributed by atoms with Gasteiger partial charge in [0.2, 0.25) is 0 Å². The Labute approximate surface area is 193 Å². The molecule has 3 heterocycles. The monoisotopic (exact) mass is 477 g/mol. The molecule has 2 N–H and O–H groups in total. The average Bonchev–Trinajstić information content (AvgIpc) is 3.69. The Morgan fingerprint density at radius 2 is 1.33 bits per heavy atom. The normalized spacial score (nSPS) is 23.3. The zero-order chi connectivity index (χ0) is 21.6. The zero-order valence-corrected chi connectivity index (χ0v) is 20.2. The van der Waals surface area contributed by atoms with Gasteiger partial charge in [0, 0.05) is 38.9 Å². The van der Waals surface area contributed by atoms with Gasteiger partial charge in [0.15, 0.2) is 0 Å². The van der Waals surface area contributed by atoms with Crippen molar-refractivity contribution >= 4 is 0 Å². The third kappa shape index (κ3) is 26.3. The van der Waals surface area contributed by atoms with Crippen molar-refractivity contribution in [1.29, 1.82) is 0 Å². The molecule has 0 spiro atoms. The van der Waals surface area contributed by atoms with Gasteiger partial charge in [0.05, 0.1) is 66.1 Å². The maximum atomic E-state index is 8.49. The fraction of sp³-hybridized carbons (Fsp3) is 1.00. The van der Waals surface area contributed by atoms with E-state index in [0.717, 1.165) is 45.9 Å². The summed E-state index contributed by atoms with van der Waals surface area (Å²) in [4.78, 5) is 0. The van der Waals surface area contributed by atoms with Crippen LogP contribution in [0.25, 0.3) is 0 Å². The van der Waals surface area contributed by atoms with E-state index in [2.05, 4.69) is 6.92 Å². The topological polar surface area (TPSA) is 112 Å². The molecule has 3 saturated heterocycles. The van der Waals surface area contributed by atoms with Crippen LogP contribution in [0.5, 0.6) is 0 Å². The van der Waals surface area contributed by atoms with E-state index in [-0.39, 0.29) is 31.3 Å². The molecule has 3 aliphatic heterocycles. The second kappa shape index (κ2) is 25.5. The molecule has 0 aromatic carbocycles. The second-order valence-corrected chi connectivity index (χ2v) is 6.53. The molecule has 0 aromatic rings. The van der Waals surface area contributed by atoms with E-state index in [1.807, 2.05) is 6.92 Å². The molecule has 10 heteroatoms. The maximum absolute atomic E-state index is 8.49. The van der Waals surface area contributed by atoms with Gasteiger partial charge in [0.25, 0.3) is 0 Å². The molecule has 1 radical (unpaired) electrons. The Bertz CT molecular complexity index is 311. The number of methoxy groups -OCH3 is 1. The predicted molar refractivity (Wildman–Crippen MR) is 108 cm³/mol. The standard InChI is InChI=1S/C6H12O3.C6H12O2.C5H10O3.C3H8O.V/c1-7-2-3-8-4-6-5-9-6;1-2-3-7-4-6-5-8-6;6-3-5-4-7-1-2-8-5;1-2-3-4;/h6H,2-5H2,1H3;6H,2-5H2,1H3;5-6H,1-4H2;4H,2-3H2,1H3;. The van der Waals surface area contributed by atoms with Crippen LogP contribution in [0.3, 0.4) is 0 Å². The summed E-state index contributed by atoms with van der Waals surface area (Å²) in [5, 5.41) is 16.4. The van der Waals surface area contributed by atoms with Crippen LogP contribution in [-0.2, 0) is 51.7 Å². The SMILES string of the molecule is CCCO.CCCOCC1CO1.COCCOCC1CO1.OCC1COCCO1.[V]. The molecular formula is C20H42O9V. The number of epoxide rings is 2. The first-order valence-corrected chi connectivity index (χ1v) is 10.5. The van der Waals surface area contributed by atoms with Gasteiger partial charge >= 0.3 is 0 Å². The molecule has 0 aromatic heterocycles.